The predicted molar refractivity (Wildman–Crippen MR) is 113 cm³/mol. The highest BCUT2D eigenvalue weighted by molar-refractivity contribution is 8.03. The van der Waals surface area contributed by atoms with E-state index in [1.165, 1.54) is 23.5 Å². The smallest absolute Gasteiger partial charge is 0.303 e. The minimum absolute atomic E-state index is 0.0862. The second-order valence-electron chi connectivity index (χ2n) is 7.44. The first-order valence-corrected chi connectivity index (χ1v) is 10.7. The molecule has 2 unspecified atom stereocenters. The van der Waals surface area contributed by atoms with Gasteiger partial charge in [-0.15, -0.1) is 18.2 Å². The number of nitrogens with zero attached hydrogens (tertiary/aromatic N) is 1. The number of phenolic OH excluding ortho intramolecular Hbond substituents is 1. The highest BCUT2D eigenvalue weighted by Gasteiger charge is 2.37. The summed E-state index contributed by atoms with van der Waals surface area (Å²) < 4.78 is 0. The molecule has 2 atom stereocenters. The van der Waals surface area contributed by atoms with Crippen molar-refractivity contribution in [2.75, 3.05) is 10.7 Å². The lowest BCUT2D eigenvalue weighted by atomic mass is 9.95. The number of amides is 2. The van der Waals surface area contributed by atoms with E-state index in [1.54, 1.807) is 23.9 Å². The third kappa shape index (κ3) is 4.71. The van der Waals surface area contributed by atoms with Crippen LogP contribution in [0.3, 0.4) is 0 Å². The Bertz CT molecular complexity index is 791. The van der Waals surface area contributed by atoms with Gasteiger partial charge in [0.05, 0.1) is 0 Å². The first-order chi connectivity index (χ1) is 13.5. The van der Waals surface area contributed by atoms with Crippen molar-refractivity contribution < 1.29 is 14.7 Å². The topological polar surface area (TPSA) is 69.6 Å². The molecule has 1 aromatic carbocycles. The molecule has 148 valence electrons. The summed E-state index contributed by atoms with van der Waals surface area (Å²) >= 11 is 1.59. The number of phenols is 1. The number of benzene rings is 1. The maximum absolute atomic E-state index is 13.3. The highest BCUT2D eigenvalue weighted by atomic mass is 32.2. The lowest BCUT2D eigenvalue weighted by Crippen LogP contribution is -2.52. The summed E-state index contributed by atoms with van der Waals surface area (Å²) in [6.07, 6.45) is 12.8. The van der Waals surface area contributed by atoms with Gasteiger partial charge in [0.25, 0.3) is 0 Å². The van der Waals surface area contributed by atoms with Gasteiger partial charge in [0.2, 0.25) is 5.91 Å². The molecule has 1 aliphatic carbocycles. The van der Waals surface area contributed by atoms with Gasteiger partial charge in [0.1, 0.15) is 11.8 Å². The number of hydrogen-bond donors (Lipinski definition) is 2. The van der Waals surface area contributed by atoms with Crippen molar-refractivity contribution in [3.05, 3.63) is 35.2 Å². The molecule has 0 aromatic heterocycles. The fourth-order valence-corrected chi connectivity index (χ4v) is 4.99. The van der Waals surface area contributed by atoms with E-state index in [9.17, 15) is 14.7 Å². The Morgan fingerprint density at radius 2 is 1.93 bits per heavy atom. The summed E-state index contributed by atoms with van der Waals surface area (Å²) in [5.41, 5.74) is 0.491. The Hall–Kier alpha value is -2.39. The van der Waals surface area contributed by atoms with Crippen molar-refractivity contribution in [2.45, 2.75) is 51.1 Å². The molecule has 5 nitrogen and oxygen atoms in total. The van der Waals surface area contributed by atoms with Gasteiger partial charge in [-0.05, 0) is 48.9 Å². The minimum Gasteiger partial charge on any atom is -0.508 e. The average molecular weight is 399 g/mol. The van der Waals surface area contributed by atoms with Crippen LogP contribution in [0.25, 0.3) is 0 Å². The third-order valence-electron chi connectivity index (χ3n) is 5.16. The number of allylic oxidation sites excluding steroid dienone is 1. The van der Waals surface area contributed by atoms with Gasteiger partial charge in [0, 0.05) is 22.4 Å². The van der Waals surface area contributed by atoms with E-state index in [2.05, 4.69) is 18.2 Å². The number of rotatable bonds is 5. The fourth-order valence-electron chi connectivity index (χ4n) is 3.74. The number of aromatic hydroxyl groups is 1. The number of nitrogens with one attached hydrogen (secondary N) is 1. The number of carbonyl (C=O) groups is 2. The largest absolute Gasteiger partial charge is 0.508 e. The molecule has 1 saturated carbocycles. The first kappa shape index (κ1) is 20.3. The number of anilines is 1. The van der Waals surface area contributed by atoms with Crippen LogP contribution in [0.4, 0.5) is 5.69 Å². The van der Waals surface area contributed by atoms with Crippen molar-refractivity contribution in [1.82, 2.24) is 5.32 Å². The zero-order valence-corrected chi connectivity index (χ0v) is 16.9. The summed E-state index contributed by atoms with van der Waals surface area (Å²) in [6, 6.07) is 5.52. The molecular formula is C22H26N2O3S. The second kappa shape index (κ2) is 9.20. The van der Waals surface area contributed by atoms with Gasteiger partial charge in [0.15, 0.2) is 0 Å². The van der Waals surface area contributed by atoms with Crippen molar-refractivity contribution >= 4 is 29.3 Å². The van der Waals surface area contributed by atoms with E-state index in [1.807, 2.05) is 6.08 Å². The van der Waals surface area contributed by atoms with Gasteiger partial charge in [-0.3, -0.25) is 14.5 Å². The zero-order valence-electron chi connectivity index (χ0n) is 16.1. The second-order valence-corrected chi connectivity index (χ2v) is 8.53. The molecule has 1 aliphatic heterocycles. The Morgan fingerprint density at radius 1 is 1.25 bits per heavy atom. The van der Waals surface area contributed by atoms with Gasteiger partial charge >= 0.3 is 5.91 Å². The van der Waals surface area contributed by atoms with Gasteiger partial charge < -0.3 is 10.4 Å². The molecule has 0 radical (unpaired) electrons. The van der Waals surface area contributed by atoms with E-state index in [4.69, 9.17) is 6.42 Å². The third-order valence-corrected chi connectivity index (χ3v) is 6.54. The van der Waals surface area contributed by atoms with Crippen molar-refractivity contribution in [2.24, 2.45) is 5.92 Å². The van der Waals surface area contributed by atoms with Crippen molar-refractivity contribution in [1.29, 1.82) is 0 Å². The van der Waals surface area contributed by atoms with E-state index < -0.39 is 11.9 Å². The molecule has 1 fully saturated rings. The SMILES string of the molecule is C#CC(=O)N(c1ccc(O)cc1)C(C(=O)NC1CCCCC1)C1=CC(C)CS1. The maximum Gasteiger partial charge on any atom is 0.303 e. The van der Waals surface area contributed by atoms with Crippen LogP contribution in [0, 0.1) is 18.3 Å². The van der Waals surface area contributed by atoms with E-state index in [0.29, 0.717) is 11.6 Å². The summed E-state index contributed by atoms with van der Waals surface area (Å²) in [5, 5.41) is 12.8. The first-order valence-electron chi connectivity index (χ1n) is 9.73. The van der Waals surface area contributed by atoms with Crippen molar-refractivity contribution in [3.63, 3.8) is 0 Å². The molecular weight excluding hydrogens is 372 g/mol. The van der Waals surface area contributed by atoms with Crippen LogP contribution in [0.5, 0.6) is 5.75 Å². The molecule has 1 aromatic rings. The van der Waals surface area contributed by atoms with Gasteiger partial charge in [-0.2, -0.15) is 0 Å². The Morgan fingerprint density at radius 3 is 2.50 bits per heavy atom. The van der Waals surface area contributed by atoms with E-state index >= 15 is 0 Å². The standard InChI is InChI=1S/C22H26N2O3S/c1-3-20(26)24(17-9-11-18(25)12-10-17)21(19-13-15(2)14-28-19)22(27)23-16-7-5-4-6-8-16/h1,9-13,15-16,21,25H,4-8,14H2,2H3,(H,23,27). The van der Waals surface area contributed by atoms with Gasteiger partial charge in [-0.25, -0.2) is 0 Å². The maximum atomic E-state index is 13.3. The number of thioether (sulfide) groups is 1. The van der Waals surface area contributed by atoms with E-state index in [0.717, 1.165) is 36.3 Å². The van der Waals surface area contributed by atoms with Crippen molar-refractivity contribution in [3.8, 4) is 18.1 Å². The molecule has 0 bridgehead atoms. The van der Waals surface area contributed by atoms with Gasteiger partial charge in [-0.1, -0.05) is 32.3 Å². The molecule has 3 rings (SSSR count). The monoisotopic (exact) mass is 398 g/mol. The van der Waals surface area contributed by atoms with Crippen LogP contribution in [0.1, 0.15) is 39.0 Å². The zero-order chi connectivity index (χ0) is 20.1. The summed E-state index contributed by atoms with van der Waals surface area (Å²) in [4.78, 5) is 28.2. The summed E-state index contributed by atoms with van der Waals surface area (Å²) in [5.74, 6) is 2.67. The number of terminal acetylenes is 1. The van der Waals surface area contributed by atoms with Crippen LogP contribution >= 0.6 is 11.8 Å². The Labute approximate surface area is 170 Å². The van der Waals surface area contributed by atoms with E-state index in [-0.39, 0.29) is 17.7 Å². The van der Waals surface area contributed by atoms with Crippen LogP contribution in [-0.2, 0) is 9.59 Å². The number of carbonyl (C=O) groups excluding carboxylic acids is 2. The van der Waals surface area contributed by atoms with Crippen LogP contribution in [0.2, 0.25) is 0 Å². The Kier molecular flexibility index (Phi) is 6.69. The van der Waals surface area contributed by atoms with Crippen LogP contribution < -0.4 is 10.2 Å². The predicted octanol–water partition coefficient (Wildman–Crippen LogP) is 3.44. The minimum atomic E-state index is -0.801. The highest BCUT2D eigenvalue weighted by Crippen LogP contribution is 2.36. The molecule has 2 amide bonds. The average Bonchev–Trinajstić information content (AvgIpc) is 3.12. The lowest BCUT2D eigenvalue weighted by molar-refractivity contribution is -0.124. The number of hydrogen-bond acceptors (Lipinski definition) is 4. The summed E-state index contributed by atoms with van der Waals surface area (Å²) in [7, 11) is 0. The normalized spacial score (nSPS) is 20.7. The fraction of sp³-hybridized carbons (Fsp3) is 0.455. The molecule has 1 heterocycles. The summed E-state index contributed by atoms with van der Waals surface area (Å²) in [6.45, 7) is 2.09. The van der Waals surface area contributed by atoms with Crippen LogP contribution in [0.15, 0.2) is 35.2 Å². The Balaban J connectivity index is 1.95. The molecule has 28 heavy (non-hydrogen) atoms. The molecule has 0 spiro atoms. The molecule has 2 aliphatic rings. The quantitative estimate of drug-likeness (QED) is 0.746. The molecule has 2 N–H and O–H groups in total. The van der Waals surface area contributed by atoms with Crippen LogP contribution in [-0.4, -0.2) is 34.8 Å². The molecule has 0 saturated heterocycles. The lowest BCUT2D eigenvalue weighted by Gasteiger charge is -2.32. The molecule has 6 heteroatoms.